The number of carbonyl (C=O) groups is 3. The fraction of sp³-hybridized carbons (Fsp3) is 0.333. The quantitative estimate of drug-likeness (QED) is 0.217. The number of ether oxygens (including phenoxy) is 1. The number of morpholine rings is 1. The minimum Gasteiger partial charge on any atom is -0.370 e. The largest absolute Gasteiger partial charge is 0.399 e. The van der Waals surface area contributed by atoms with E-state index < -0.39 is 42.7 Å². The first kappa shape index (κ1) is 33.8. The maximum absolute atomic E-state index is 14.4. The van der Waals surface area contributed by atoms with Crippen LogP contribution in [-0.2, 0) is 31.0 Å². The van der Waals surface area contributed by atoms with Crippen molar-refractivity contribution in [2.24, 2.45) is 0 Å². The molecule has 0 spiro atoms. The number of halogens is 2. The monoisotopic (exact) mass is 698 g/mol. The summed E-state index contributed by atoms with van der Waals surface area (Å²) in [6.45, 7) is 1.44. The molecule has 2 fully saturated rings. The van der Waals surface area contributed by atoms with Crippen LogP contribution in [0.1, 0.15) is 45.3 Å². The van der Waals surface area contributed by atoms with Crippen LogP contribution in [0, 0.1) is 0 Å². The van der Waals surface area contributed by atoms with Gasteiger partial charge >= 0.3 is 13.3 Å². The van der Waals surface area contributed by atoms with Crippen molar-refractivity contribution in [3.8, 4) is 0 Å². The number of nitrogens with zero attached hydrogens (tertiary/aromatic N) is 3. The lowest BCUT2D eigenvalue weighted by molar-refractivity contribution is -0.149. The Morgan fingerprint density at radius 2 is 1.88 bits per heavy atom. The molecule has 15 heteroatoms. The number of pyridine rings is 1. The minimum absolute atomic E-state index is 0.0903. The zero-order valence-corrected chi connectivity index (χ0v) is 27.3. The molecular weight excluding hydrogens is 665 g/mol. The van der Waals surface area contributed by atoms with E-state index in [2.05, 4.69) is 10.3 Å². The fourth-order valence-corrected chi connectivity index (χ4v) is 7.53. The molecule has 4 heterocycles. The van der Waals surface area contributed by atoms with Gasteiger partial charge in [-0.15, -0.1) is 11.3 Å². The lowest BCUT2D eigenvalue weighted by Gasteiger charge is -2.37. The Bertz CT molecular complexity index is 1860. The number of hydrogen-bond donors (Lipinski definition) is 3. The predicted octanol–water partition coefficient (Wildman–Crippen LogP) is 4.46. The third kappa shape index (κ3) is 7.03. The summed E-state index contributed by atoms with van der Waals surface area (Å²) >= 11 is 0.986. The van der Waals surface area contributed by atoms with E-state index in [0.29, 0.717) is 49.3 Å². The van der Waals surface area contributed by atoms with Crippen LogP contribution in [-0.4, -0.2) is 80.6 Å². The van der Waals surface area contributed by atoms with E-state index in [4.69, 9.17) is 14.5 Å². The Hall–Kier alpha value is -4.07. The molecule has 3 atom stereocenters. The van der Waals surface area contributed by atoms with E-state index in [1.807, 2.05) is 30.3 Å². The molecule has 4 aromatic rings. The lowest BCUT2D eigenvalue weighted by Crippen LogP contribution is -2.56. The smallest absolute Gasteiger partial charge is 0.370 e. The summed E-state index contributed by atoms with van der Waals surface area (Å²) in [5.74, 6) is -1.24. The zero-order valence-electron chi connectivity index (χ0n) is 25.6. The van der Waals surface area contributed by atoms with Crippen molar-refractivity contribution in [3.63, 3.8) is 0 Å². The molecule has 3 N–H and O–H groups in total. The molecule has 2 aliphatic heterocycles. The highest BCUT2D eigenvalue weighted by Crippen LogP contribution is 2.59. The van der Waals surface area contributed by atoms with E-state index in [9.17, 15) is 27.7 Å². The molecule has 252 valence electrons. The van der Waals surface area contributed by atoms with Crippen molar-refractivity contribution in [2.75, 3.05) is 26.2 Å². The number of aromatic nitrogens is 1. The van der Waals surface area contributed by atoms with Gasteiger partial charge in [0.15, 0.2) is 0 Å². The first-order valence-corrected chi connectivity index (χ1v) is 17.8. The summed E-state index contributed by atoms with van der Waals surface area (Å²) in [5.41, 5.74) is -3.64. The maximum atomic E-state index is 14.4. The summed E-state index contributed by atoms with van der Waals surface area (Å²) in [6.07, 6.45) is 4.06. The third-order valence-corrected chi connectivity index (χ3v) is 10.7. The summed E-state index contributed by atoms with van der Waals surface area (Å²) < 4.78 is 46.5. The van der Waals surface area contributed by atoms with Gasteiger partial charge in [0.05, 0.1) is 18.0 Å². The number of fused-ring (bicyclic) bond motifs is 1. The van der Waals surface area contributed by atoms with Crippen molar-refractivity contribution >= 4 is 46.7 Å². The number of likely N-dealkylation sites (tertiary alicyclic amines) is 1. The van der Waals surface area contributed by atoms with Gasteiger partial charge in [-0.1, -0.05) is 42.5 Å². The van der Waals surface area contributed by atoms with Crippen molar-refractivity contribution in [3.05, 3.63) is 101 Å². The molecule has 0 saturated carbocycles. The Balaban J connectivity index is 1.22. The van der Waals surface area contributed by atoms with Crippen molar-refractivity contribution in [1.29, 1.82) is 0 Å². The van der Waals surface area contributed by atoms with Gasteiger partial charge in [0.1, 0.15) is 18.2 Å². The number of rotatable bonds is 9. The van der Waals surface area contributed by atoms with Crippen LogP contribution in [0.15, 0.2) is 79.1 Å². The Morgan fingerprint density at radius 3 is 2.60 bits per heavy atom. The number of hydrogen-bond acceptors (Lipinski definition) is 7. The van der Waals surface area contributed by atoms with Gasteiger partial charge in [0.2, 0.25) is 11.8 Å². The Kier molecular flexibility index (Phi) is 9.73. The van der Waals surface area contributed by atoms with Crippen molar-refractivity contribution in [2.45, 2.75) is 43.1 Å². The summed E-state index contributed by atoms with van der Waals surface area (Å²) in [7, 11) is -5.78. The second-order valence-corrected chi connectivity index (χ2v) is 14.5. The molecule has 2 aliphatic rings. The lowest BCUT2D eigenvalue weighted by atomic mass is 10.0. The Morgan fingerprint density at radius 1 is 1.08 bits per heavy atom. The highest BCUT2D eigenvalue weighted by molar-refractivity contribution is 7.52. The second kappa shape index (κ2) is 13.8. The molecular formula is C33H33F2N4O7PS. The number of thiophene rings is 1. The topological polar surface area (TPSA) is 149 Å². The van der Waals surface area contributed by atoms with Crippen molar-refractivity contribution in [1.82, 2.24) is 20.1 Å². The Labute approximate surface area is 278 Å². The van der Waals surface area contributed by atoms with E-state index in [0.717, 1.165) is 29.0 Å². The van der Waals surface area contributed by atoms with E-state index in [1.165, 1.54) is 17.0 Å². The van der Waals surface area contributed by atoms with Crippen LogP contribution in [0.2, 0.25) is 0 Å². The number of carbonyl (C=O) groups excluding carboxylic acids is 3. The van der Waals surface area contributed by atoms with Gasteiger partial charge in [-0.3, -0.25) is 23.9 Å². The molecule has 2 aromatic carbocycles. The number of alkyl halides is 2. The SMILES string of the molecule is O=C(N[C@@H](Cc1cccnc1)C(=O)N1CCC[C@H]1C(=O)N1CCO[C@H](c2ccccc2)C1)c1cc2cc(C(F)(F)P(=O)(O)O)ccc2s1. The molecule has 11 nitrogen and oxygen atoms in total. The third-order valence-electron chi connectivity index (χ3n) is 8.59. The number of benzene rings is 2. The van der Waals surface area contributed by atoms with Crippen LogP contribution in [0.5, 0.6) is 0 Å². The highest BCUT2D eigenvalue weighted by Gasteiger charge is 2.50. The molecule has 0 aliphatic carbocycles. The first-order valence-electron chi connectivity index (χ1n) is 15.4. The van der Waals surface area contributed by atoms with Gasteiger partial charge in [-0.2, -0.15) is 8.78 Å². The molecule has 48 heavy (non-hydrogen) atoms. The van der Waals surface area contributed by atoms with Crippen LogP contribution in [0.3, 0.4) is 0 Å². The normalized spacial score (nSPS) is 19.3. The van der Waals surface area contributed by atoms with Gasteiger partial charge in [0.25, 0.3) is 5.91 Å². The van der Waals surface area contributed by atoms with Gasteiger partial charge in [-0.05, 0) is 53.6 Å². The highest BCUT2D eigenvalue weighted by atomic mass is 32.1. The molecule has 3 amide bonds. The van der Waals surface area contributed by atoms with Crippen LogP contribution < -0.4 is 5.32 Å². The average molecular weight is 699 g/mol. The summed E-state index contributed by atoms with van der Waals surface area (Å²) in [4.78, 5) is 67.3. The summed E-state index contributed by atoms with van der Waals surface area (Å²) in [5, 5.41) is 2.98. The molecule has 6 rings (SSSR count). The van der Waals surface area contributed by atoms with E-state index in [1.54, 1.807) is 29.4 Å². The molecule has 0 unspecified atom stereocenters. The van der Waals surface area contributed by atoms with E-state index >= 15 is 0 Å². The minimum atomic E-state index is -5.78. The average Bonchev–Trinajstić information content (AvgIpc) is 3.75. The summed E-state index contributed by atoms with van der Waals surface area (Å²) in [6, 6.07) is 15.8. The standard InChI is InChI=1S/C33H33F2N4O7PS/c34-33(35,47(43,44)45)24-10-11-28-23(17-24)18-29(48-28)30(40)37-25(16-21-6-4-12-36-19-21)31(41)39-13-5-9-26(39)32(42)38-14-15-46-27(20-38)22-7-2-1-3-8-22/h1-4,6-8,10-12,17-19,25-27H,5,9,13-16,20H2,(H,37,40)(H2,43,44,45)/t25-,26-,27-/m0/s1. The van der Waals surface area contributed by atoms with Gasteiger partial charge in [-0.25, -0.2) is 0 Å². The number of nitrogens with one attached hydrogen (secondary N) is 1. The van der Waals surface area contributed by atoms with E-state index in [-0.39, 0.29) is 28.7 Å². The van der Waals surface area contributed by atoms with Gasteiger partial charge in [0, 0.05) is 42.2 Å². The van der Waals surface area contributed by atoms with Crippen LogP contribution >= 0.6 is 18.9 Å². The molecule has 0 bridgehead atoms. The molecule has 2 saturated heterocycles. The first-order chi connectivity index (χ1) is 22.9. The van der Waals surface area contributed by atoms with Crippen LogP contribution in [0.25, 0.3) is 10.1 Å². The zero-order chi connectivity index (χ0) is 34.1. The van der Waals surface area contributed by atoms with Crippen LogP contribution in [0.4, 0.5) is 8.78 Å². The van der Waals surface area contributed by atoms with Gasteiger partial charge < -0.3 is 29.6 Å². The molecule has 2 aromatic heterocycles. The second-order valence-electron chi connectivity index (χ2n) is 11.8. The fourth-order valence-electron chi connectivity index (χ4n) is 6.11. The predicted molar refractivity (Wildman–Crippen MR) is 173 cm³/mol. The number of amides is 3. The maximum Gasteiger partial charge on any atom is 0.399 e. The van der Waals surface area contributed by atoms with Crippen molar-refractivity contribution < 1.29 is 42.3 Å². The molecule has 0 radical (unpaired) electrons.